The maximum Gasteiger partial charge on any atom is 0.244 e. The van der Waals surface area contributed by atoms with Crippen LogP contribution in [0.5, 0.6) is 0 Å². The number of benzene rings is 1. The molecule has 0 spiro atoms. The summed E-state index contributed by atoms with van der Waals surface area (Å²) in [5.74, 6) is 0. The van der Waals surface area contributed by atoms with Gasteiger partial charge in [-0.1, -0.05) is 18.2 Å². The van der Waals surface area contributed by atoms with Crippen LogP contribution in [0.1, 0.15) is 22.6 Å². The molecule has 8 heteroatoms. The first-order valence-corrected chi connectivity index (χ1v) is 9.38. The van der Waals surface area contributed by atoms with Gasteiger partial charge in [0.2, 0.25) is 10.0 Å². The lowest BCUT2D eigenvalue weighted by atomic mass is 10.2. The third-order valence-corrected chi connectivity index (χ3v) is 5.64. The molecule has 0 saturated carbocycles. The molecule has 3 rings (SSSR count). The predicted molar refractivity (Wildman–Crippen MR) is 95.0 cm³/mol. The highest BCUT2D eigenvalue weighted by atomic mass is 32.2. The van der Waals surface area contributed by atoms with Crippen LogP contribution in [0, 0.1) is 20.8 Å². The van der Waals surface area contributed by atoms with Gasteiger partial charge in [0.1, 0.15) is 4.90 Å². The first-order valence-electron chi connectivity index (χ1n) is 7.90. The van der Waals surface area contributed by atoms with Gasteiger partial charge in [-0.2, -0.15) is 10.2 Å². The number of nitrogens with zero attached hydrogens (tertiary/aromatic N) is 4. The zero-order valence-corrected chi connectivity index (χ0v) is 15.5. The maximum atomic E-state index is 12.5. The number of rotatable bonds is 5. The second kappa shape index (κ2) is 6.45. The van der Waals surface area contributed by atoms with E-state index in [2.05, 4.69) is 14.9 Å². The van der Waals surface area contributed by atoms with Gasteiger partial charge >= 0.3 is 0 Å². The highest BCUT2D eigenvalue weighted by Gasteiger charge is 2.21. The Hall–Kier alpha value is -2.45. The van der Waals surface area contributed by atoms with Crippen LogP contribution in [0.3, 0.4) is 0 Å². The normalized spacial score (nSPS) is 11.8. The smallest absolute Gasteiger partial charge is 0.244 e. The lowest BCUT2D eigenvalue weighted by molar-refractivity contribution is 0.580. The van der Waals surface area contributed by atoms with E-state index < -0.39 is 10.0 Å². The second-order valence-corrected chi connectivity index (χ2v) is 7.71. The quantitative estimate of drug-likeness (QED) is 0.755. The molecule has 1 N–H and O–H groups in total. The Balaban J connectivity index is 1.87. The van der Waals surface area contributed by atoms with Crippen molar-refractivity contribution in [2.45, 2.75) is 32.2 Å². The molecule has 0 saturated heterocycles. The summed E-state index contributed by atoms with van der Waals surface area (Å²) < 4.78 is 31.1. The fourth-order valence-corrected chi connectivity index (χ4v) is 4.05. The maximum absolute atomic E-state index is 12.5. The minimum Gasteiger partial charge on any atom is -0.274 e. The molecule has 3 aromatic rings. The van der Waals surface area contributed by atoms with Gasteiger partial charge in [-0.15, -0.1) is 0 Å². The number of sulfonamides is 1. The zero-order chi connectivity index (χ0) is 18.2. The van der Waals surface area contributed by atoms with Gasteiger partial charge in [-0.25, -0.2) is 17.8 Å². The molecule has 0 aliphatic heterocycles. The summed E-state index contributed by atoms with van der Waals surface area (Å²) in [4.78, 5) is 0.195. The summed E-state index contributed by atoms with van der Waals surface area (Å²) in [7, 11) is -1.93. The summed E-state index contributed by atoms with van der Waals surface area (Å²) in [6.45, 7) is 5.68. The van der Waals surface area contributed by atoms with Crippen LogP contribution in [0.25, 0.3) is 5.69 Å². The standard InChI is InChI=1S/C17H21N5O2S/c1-12-16(14(3)22(20-12)15-8-6-5-7-9-15)10-18-25(23,24)17-11-21(4)19-13(17)2/h5-9,11,18H,10H2,1-4H3. The molecule has 0 aliphatic carbocycles. The van der Waals surface area contributed by atoms with E-state index in [-0.39, 0.29) is 11.4 Å². The fraction of sp³-hybridized carbons (Fsp3) is 0.294. The number of aromatic nitrogens is 4. The first kappa shape index (κ1) is 17.4. The molecule has 0 bridgehead atoms. The molecule has 0 atom stereocenters. The first-order chi connectivity index (χ1) is 11.8. The molecule has 0 radical (unpaired) electrons. The number of aryl methyl sites for hydroxylation is 3. The monoisotopic (exact) mass is 359 g/mol. The average molecular weight is 359 g/mol. The molecule has 7 nitrogen and oxygen atoms in total. The molecule has 0 fully saturated rings. The molecule has 1 aromatic carbocycles. The summed E-state index contributed by atoms with van der Waals surface area (Å²) in [6, 6.07) is 9.76. The van der Waals surface area contributed by atoms with Gasteiger partial charge in [0, 0.05) is 31.0 Å². The Morgan fingerprint density at radius 2 is 1.72 bits per heavy atom. The molecule has 2 aromatic heterocycles. The largest absolute Gasteiger partial charge is 0.274 e. The van der Waals surface area contributed by atoms with Crippen LogP contribution in [-0.4, -0.2) is 28.0 Å². The molecule has 0 aliphatic rings. The van der Waals surface area contributed by atoms with Crippen LogP contribution < -0.4 is 4.72 Å². The van der Waals surface area contributed by atoms with E-state index >= 15 is 0 Å². The van der Waals surface area contributed by atoms with Crippen molar-refractivity contribution in [1.29, 1.82) is 0 Å². The molecule has 2 heterocycles. The lowest BCUT2D eigenvalue weighted by Crippen LogP contribution is -2.24. The van der Waals surface area contributed by atoms with E-state index in [1.54, 1.807) is 14.0 Å². The van der Waals surface area contributed by atoms with Gasteiger partial charge in [-0.3, -0.25) is 4.68 Å². The van der Waals surface area contributed by atoms with Crippen LogP contribution in [-0.2, 0) is 23.6 Å². The van der Waals surface area contributed by atoms with Crippen molar-refractivity contribution < 1.29 is 8.42 Å². The van der Waals surface area contributed by atoms with Gasteiger partial charge in [0.25, 0.3) is 0 Å². The van der Waals surface area contributed by atoms with Crippen molar-refractivity contribution in [2.75, 3.05) is 0 Å². The molecular formula is C17H21N5O2S. The highest BCUT2D eigenvalue weighted by molar-refractivity contribution is 7.89. The van der Waals surface area contributed by atoms with Crippen molar-refractivity contribution >= 4 is 10.0 Å². The summed E-state index contributed by atoms with van der Waals surface area (Å²) in [5.41, 5.74) is 4.00. The Labute approximate surface area is 147 Å². The zero-order valence-electron chi connectivity index (χ0n) is 14.7. The van der Waals surface area contributed by atoms with Crippen LogP contribution in [0.15, 0.2) is 41.4 Å². The molecular weight excluding hydrogens is 338 g/mol. The molecule has 0 amide bonds. The minimum atomic E-state index is -3.63. The van der Waals surface area contributed by atoms with Gasteiger partial charge < -0.3 is 0 Å². The fourth-order valence-electron chi connectivity index (χ4n) is 2.84. The highest BCUT2D eigenvalue weighted by Crippen LogP contribution is 2.19. The van der Waals surface area contributed by atoms with Gasteiger partial charge in [0.05, 0.1) is 17.1 Å². The molecule has 0 unspecified atom stereocenters. The van der Waals surface area contributed by atoms with E-state index in [1.165, 1.54) is 10.9 Å². The van der Waals surface area contributed by atoms with Gasteiger partial charge in [0.15, 0.2) is 0 Å². The number of nitrogens with one attached hydrogen (secondary N) is 1. The van der Waals surface area contributed by atoms with E-state index in [9.17, 15) is 8.42 Å². The minimum absolute atomic E-state index is 0.182. The van der Waals surface area contributed by atoms with E-state index in [0.29, 0.717) is 5.69 Å². The SMILES string of the molecule is Cc1nn(C)cc1S(=O)(=O)NCc1c(C)nn(-c2ccccc2)c1C. The summed E-state index contributed by atoms with van der Waals surface area (Å²) in [5, 5.41) is 8.63. The number of para-hydroxylation sites is 1. The lowest BCUT2D eigenvalue weighted by Gasteiger charge is -2.07. The topological polar surface area (TPSA) is 81.8 Å². The predicted octanol–water partition coefficient (Wildman–Crippen LogP) is 2.01. The average Bonchev–Trinajstić information content (AvgIpc) is 3.06. The van der Waals surface area contributed by atoms with Crippen molar-refractivity contribution in [2.24, 2.45) is 7.05 Å². The van der Waals surface area contributed by atoms with Crippen LogP contribution >= 0.6 is 0 Å². The van der Waals surface area contributed by atoms with Crippen LogP contribution in [0.4, 0.5) is 0 Å². The Morgan fingerprint density at radius 3 is 2.32 bits per heavy atom. The van der Waals surface area contributed by atoms with Crippen molar-refractivity contribution in [3.05, 3.63) is 59.2 Å². The Kier molecular flexibility index (Phi) is 4.49. The molecule has 132 valence electrons. The van der Waals surface area contributed by atoms with E-state index in [4.69, 9.17) is 0 Å². The van der Waals surface area contributed by atoms with E-state index in [0.717, 1.165) is 22.6 Å². The second-order valence-electron chi connectivity index (χ2n) is 5.97. The third kappa shape index (κ3) is 3.35. The van der Waals surface area contributed by atoms with Crippen molar-refractivity contribution in [1.82, 2.24) is 24.3 Å². The third-order valence-electron chi connectivity index (χ3n) is 4.14. The summed E-state index contributed by atoms with van der Waals surface area (Å²) >= 11 is 0. The summed E-state index contributed by atoms with van der Waals surface area (Å²) in [6.07, 6.45) is 1.50. The van der Waals surface area contributed by atoms with Crippen LogP contribution in [0.2, 0.25) is 0 Å². The number of hydrogen-bond donors (Lipinski definition) is 1. The van der Waals surface area contributed by atoms with Gasteiger partial charge in [-0.05, 0) is 32.9 Å². The Morgan fingerprint density at radius 1 is 1.04 bits per heavy atom. The van der Waals surface area contributed by atoms with E-state index in [1.807, 2.05) is 48.9 Å². The van der Waals surface area contributed by atoms with Crippen molar-refractivity contribution in [3.8, 4) is 5.69 Å². The molecule has 25 heavy (non-hydrogen) atoms. The Bertz CT molecular complexity index is 1000. The number of hydrogen-bond acceptors (Lipinski definition) is 4. The van der Waals surface area contributed by atoms with Crippen molar-refractivity contribution in [3.63, 3.8) is 0 Å².